The van der Waals surface area contributed by atoms with E-state index in [1.807, 2.05) is 20.8 Å². The van der Waals surface area contributed by atoms with E-state index in [9.17, 15) is 9.46 Å². The summed E-state index contributed by atoms with van der Waals surface area (Å²) in [5.74, 6) is 0.698. The van der Waals surface area contributed by atoms with Gasteiger partial charge in [-0.2, -0.15) is 0 Å². The number of benzene rings is 1. The van der Waals surface area contributed by atoms with E-state index in [1.165, 1.54) is 0 Å². The van der Waals surface area contributed by atoms with Gasteiger partial charge in [-0.1, -0.05) is 31.5 Å². The van der Waals surface area contributed by atoms with Crippen LogP contribution in [0.3, 0.4) is 0 Å². The van der Waals surface area contributed by atoms with Crippen molar-refractivity contribution in [2.45, 2.75) is 27.2 Å². The molecule has 0 aliphatic carbocycles. The summed E-state index contributed by atoms with van der Waals surface area (Å²) in [5, 5.41) is 0. The summed E-state index contributed by atoms with van der Waals surface area (Å²) >= 11 is 0. The number of hydrogen-bond acceptors (Lipinski definition) is 4. The SMILES string of the molecule is Cc1ccc(OP(=O)(O)OOCCC(C)C)cc1. The molecule has 0 spiro atoms. The maximum Gasteiger partial charge on any atom is 0.555 e. The van der Waals surface area contributed by atoms with Crippen LogP contribution in [0.4, 0.5) is 0 Å². The number of aryl methyl sites for hydroxylation is 1. The van der Waals surface area contributed by atoms with Crippen molar-refractivity contribution in [3.05, 3.63) is 29.8 Å². The average Bonchev–Trinajstić information content (AvgIpc) is 2.27. The molecule has 0 amide bonds. The van der Waals surface area contributed by atoms with Gasteiger partial charge in [0.15, 0.2) is 0 Å². The smallest absolute Gasteiger partial charge is 0.403 e. The highest BCUT2D eigenvalue weighted by atomic mass is 31.2. The summed E-state index contributed by atoms with van der Waals surface area (Å²) in [6, 6.07) is 6.73. The second kappa shape index (κ2) is 6.90. The summed E-state index contributed by atoms with van der Waals surface area (Å²) in [5.41, 5.74) is 1.03. The zero-order valence-corrected chi connectivity index (χ0v) is 11.7. The maximum absolute atomic E-state index is 11.5. The number of hydrogen-bond donors (Lipinski definition) is 1. The Morgan fingerprint density at radius 1 is 1.28 bits per heavy atom. The Morgan fingerprint density at radius 2 is 1.89 bits per heavy atom. The molecule has 0 heterocycles. The summed E-state index contributed by atoms with van der Waals surface area (Å²) in [7, 11) is -4.21. The van der Waals surface area contributed by atoms with Gasteiger partial charge in [0.1, 0.15) is 5.75 Å². The van der Waals surface area contributed by atoms with E-state index in [4.69, 9.17) is 4.52 Å². The van der Waals surface area contributed by atoms with Crippen LogP contribution in [-0.4, -0.2) is 11.5 Å². The zero-order chi connectivity index (χ0) is 13.6. The molecule has 1 atom stereocenters. The molecule has 0 radical (unpaired) electrons. The van der Waals surface area contributed by atoms with E-state index >= 15 is 0 Å². The molecular weight excluding hydrogens is 255 g/mol. The highest BCUT2D eigenvalue weighted by Crippen LogP contribution is 2.43. The third-order valence-corrected chi connectivity index (χ3v) is 2.90. The Balaban J connectivity index is 2.39. The zero-order valence-electron chi connectivity index (χ0n) is 10.8. The molecule has 0 saturated heterocycles. The first-order chi connectivity index (χ1) is 8.39. The fourth-order valence-electron chi connectivity index (χ4n) is 1.14. The lowest BCUT2D eigenvalue weighted by Crippen LogP contribution is -2.02. The van der Waals surface area contributed by atoms with Gasteiger partial charge < -0.3 is 4.52 Å². The topological polar surface area (TPSA) is 65.0 Å². The van der Waals surface area contributed by atoms with Crippen molar-refractivity contribution in [3.63, 3.8) is 0 Å². The summed E-state index contributed by atoms with van der Waals surface area (Å²) in [4.78, 5) is 14.1. The Bertz CT molecular complexity index is 401. The van der Waals surface area contributed by atoms with E-state index in [-0.39, 0.29) is 12.4 Å². The molecule has 1 unspecified atom stereocenters. The van der Waals surface area contributed by atoms with Crippen LogP contribution >= 0.6 is 7.82 Å². The van der Waals surface area contributed by atoms with Crippen molar-refractivity contribution in [1.82, 2.24) is 0 Å². The average molecular weight is 274 g/mol. The molecule has 0 saturated carbocycles. The van der Waals surface area contributed by atoms with Crippen molar-refractivity contribution in [2.75, 3.05) is 6.61 Å². The molecule has 5 nitrogen and oxygen atoms in total. The van der Waals surface area contributed by atoms with Crippen LogP contribution in [0.5, 0.6) is 5.75 Å². The molecule has 0 aliphatic rings. The van der Waals surface area contributed by atoms with Crippen molar-refractivity contribution in [1.29, 1.82) is 0 Å². The normalized spacial score (nSPS) is 14.5. The molecule has 18 heavy (non-hydrogen) atoms. The van der Waals surface area contributed by atoms with Crippen molar-refractivity contribution >= 4 is 7.82 Å². The first-order valence-electron chi connectivity index (χ1n) is 5.79. The van der Waals surface area contributed by atoms with E-state index < -0.39 is 7.82 Å². The Kier molecular flexibility index (Phi) is 5.82. The molecule has 0 fully saturated rings. The Hall–Kier alpha value is -0.870. The summed E-state index contributed by atoms with van der Waals surface area (Å²) < 4.78 is 20.7. The molecule has 1 aromatic carbocycles. The summed E-state index contributed by atoms with van der Waals surface area (Å²) in [6.07, 6.45) is 0.741. The van der Waals surface area contributed by atoms with Crippen LogP contribution in [-0.2, 0) is 14.1 Å². The van der Waals surface area contributed by atoms with Gasteiger partial charge in [0, 0.05) is 0 Å². The highest BCUT2D eigenvalue weighted by Gasteiger charge is 2.24. The first kappa shape index (κ1) is 15.2. The molecule has 0 aromatic heterocycles. The number of phosphoric ester groups is 1. The van der Waals surface area contributed by atoms with Crippen LogP contribution in [0.1, 0.15) is 25.8 Å². The fourth-order valence-corrected chi connectivity index (χ4v) is 1.76. The number of phosphoric acid groups is 1. The van der Waals surface area contributed by atoms with Gasteiger partial charge in [-0.05, 0) is 31.4 Å². The van der Waals surface area contributed by atoms with Crippen molar-refractivity contribution in [2.24, 2.45) is 5.92 Å². The first-order valence-corrected chi connectivity index (χ1v) is 7.29. The van der Waals surface area contributed by atoms with Crippen molar-refractivity contribution in [3.8, 4) is 5.75 Å². The van der Waals surface area contributed by atoms with Gasteiger partial charge in [0.05, 0.1) is 6.61 Å². The molecule has 102 valence electrons. The fraction of sp³-hybridized carbons (Fsp3) is 0.500. The van der Waals surface area contributed by atoms with Gasteiger partial charge >= 0.3 is 7.82 Å². The van der Waals surface area contributed by atoms with Crippen molar-refractivity contribution < 1.29 is 23.5 Å². The van der Waals surface area contributed by atoms with Crippen LogP contribution < -0.4 is 4.52 Å². The number of rotatable bonds is 7. The summed E-state index contributed by atoms with van der Waals surface area (Å²) in [6.45, 7) is 6.20. The minimum atomic E-state index is -4.21. The molecule has 1 N–H and O–H groups in total. The van der Waals surface area contributed by atoms with Gasteiger partial charge in [-0.15, -0.1) is 4.67 Å². The maximum atomic E-state index is 11.5. The predicted molar refractivity (Wildman–Crippen MR) is 68.1 cm³/mol. The lowest BCUT2D eigenvalue weighted by molar-refractivity contribution is -0.222. The van der Waals surface area contributed by atoms with Crippen LogP contribution in [0.25, 0.3) is 0 Å². The van der Waals surface area contributed by atoms with Crippen LogP contribution in [0.2, 0.25) is 0 Å². The highest BCUT2D eigenvalue weighted by molar-refractivity contribution is 7.47. The van der Waals surface area contributed by atoms with E-state index in [0.717, 1.165) is 12.0 Å². The minimum absolute atomic E-state index is 0.249. The second-order valence-electron chi connectivity index (χ2n) is 4.45. The predicted octanol–water partition coefficient (Wildman–Crippen LogP) is 3.47. The molecule has 1 rings (SSSR count). The second-order valence-corrected chi connectivity index (χ2v) is 5.72. The van der Waals surface area contributed by atoms with Gasteiger partial charge in [0.25, 0.3) is 0 Å². The minimum Gasteiger partial charge on any atom is -0.403 e. The largest absolute Gasteiger partial charge is 0.555 e. The van der Waals surface area contributed by atoms with E-state index in [2.05, 4.69) is 9.56 Å². The third-order valence-electron chi connectivity index (χ3n) is 2.17. The molecule has 1 aromatic rings. The standard InChI is InChI=1S/C12H19O5P/c1-10(2)8-9-15-17-18(13,14)16-12-6-4-11(3)5-7-12/h4-7,10H,8-9H2,1-3H3,(H,13,14). The quantitative estimate of drug-likeness (QED) is 0.357. The van der Waals surface area contributed by atoms with Gasteiger partial charge in [-0.25, -0.2) is 9.45 Å². The lowest BCUT2D eigenvalue weighted by Gasteiger charge is -2.12. The van der Waals surface area contributed by atoms with E-state index in [0.29, 0.717) is 5.92 Å². The monoisotopic (exact) mass is 274 g/mol. The molecule has 6 heteroatoms. The molecule has 0 bridgehead atoms. The Labute approximate surface area is 107 Å². The third kappa shape index (κ3) is 6.17. The van der Waals surface area contributed by atoms with Crippen LogP contribution in [0, 0.1) is 12.8 Å². The lowest BCUT2D eigenvalue weighted by atomic mass is 10.1. The Morgan fingerprint density at radius 3 is 2.44 bits per heavy atom. The molecular formula is C12H19O5P. The van der Waals surface area contributed by atoms with Gasteiger partial charge in [0.2, 0.25) is 0 Å². The van der Waals surface area contributed by atoms with Gasteiger partial charge in [-0.3, -0.25) is 4.89 Å². The van der Waals surface area contributed by atoms with Crippen LogP contribution in [0.15, 0.2) is 24.3 Å². The molecule has 0 aliphatic heterocycles. The van der Waals surface area contributed by atoms with E-state index in [1.54, 1.807) is 24.3 Å².